The Morgan fingerprint density at radius 3 is 2.64 bits per heavy atom. The third-order valence-electron chi connectivity index (χ3n) is 3.74. The number of nitrogens with zero attached hydrogens (tertiary/aromatic N) is 1. The molecule has 1 aromatic carbocycles. The van der Waals surface area contributed by atoms with Gasteiger partial charge in [-0.05, 0) is 38.0 Å². The van der Waals surface area contributed by atoms with Gasteiger partial charge in [0, 0.05) is 26.1 Å². The minimum Gasteiger partial charge on any atom is -0.372 e. The first-order chi connectivity index (χ1) is 10.5. The summed E-state index contributed by atoms with van der Waals surface area (Å²) >= 11 is 0. The molecule has 4 nitrogen and oxygen atoms in total. The summed E-state index contributed by atoms with van der Waals surface area (Å²) in [6, 6.07) is 5.17. The zero-order chi connectivity index (χ0) is 16.1. The minimum atomic E-state index is -0.247. The van der Waals surface area contributed by atoms with Crippen molar-refractivity contribution in [3.05, 3.63) is 29.6 Å². The van der Waals surface area contributed by atoms with Gasteiger partial charge < -0.3 is 15.0 Å². The molecule has 2 atom stereocenters. The van der Waals surface area contributed by atoms with E-state index in [9.17, 15) is 9.18 Å². The van der Waals surface area contributed by atoms with Gasteiger partial charge in [0.15, 0.2) is 0 Å². The number of halogens is 1. The molecule has 22 heavy (non-hydrogen) atoms. The van der Waals surface area contributed by atoms with Crippen molar-refractivity contribution >= 4 is 11.6 Å². The quantitative estimate of drug-likeness (QED) is 0.909. The molecule has 1 amide bonds. The van der Waals surface area contributed by atoms with Crippen molar-refractivity contribution in [3.63, 3.8) is 0 Å². The maximum Gasteiger partial charge on any atom is 0.220 e. The molecule has 0 aliphatic carbocycles. The Balaban J connectivity index is 2.01. The molecule has 0 aromatic heterocycles. The van der Waals surface area contributed by atoms with Gasteiger partial charge in [-0.3, -0.25) is 4.79 Å². The first-order valence-corrected chi connectivity index (χ1v) is 7.95. The molecule has 0 saturated carbocycles. The van der Waals surface area contributed by atoms with Crippen LogP contribution in [0, 0.1) is 5.82 Å². The number of nitrogens with one attached hydrogen (secondary N) is 1. The van der Waals surface area contributed by atoms with Crippen LogP contribution in [0.4, 0.5) is 10.1 Å². The minimum absolute atomic E-state index is 0.00261. The highest BCUT2D eigenvalue weighted by Crippen LogP contribution is 2.24. The number of amides is 1. The number of hydrogen-bond donors (Lipinski definition) is 1. The predicted octanol–water partition coefficient (Wildman–Crippen LogP) is 2.86. The molecule has 1 saturated heterocycles. The summed E-state index contributed by atoms with van der Waals surface area (Å²) in [7, 11) is 0. The van der Waals surface area contributed by atoms with Gasteiger partial charge in [0.1, 0.15) is 5.82 Å². The number of ether oxygens (including phenoxy) is 1. The lowest BCUT2D eigenvalue weighted by Crippen LogP contribution is -2.45. The van der Waals surface area contributed by atoms with E-state index >= 15 is 0 Å². The summed E-state index contributed by atoms with van der Waals surface area (Å²) in [4.78, 5) is 13.5. The van der Waals surface area contributed by atoms with Crippen LogP contribution in [0.1, 0.15) is 39.2 Å². The summed E-state index contributed by atoms with van der Waals surface area (Å²) in [5.74, 6) is -0.244. The molecule has 0 spiro atoms. The number of morpholine rings is 1. The first-order valence-electron chi connectivity index (χ1n) is 7.95. The number of carbonyl (C=O) groups is 1. The van der Waals surface area contributed by atoms with Crippen LogP contribution < -0.4 is 10.2 Å². The maximum atomic E-state index is 14.4. The van der Waals surface area contributed by atoms with E-state index in [4.69, 9.17) is 4.74 Å². The Labute approximate surface area is 131 Å². The van der Waals surface area contributed by atoms with Gasteiger partial charge in [0.25, 0.3) is 0 Å². The molecule has 0 unspecified atom stereocenters. The van der Waals surface area contributed by atoms with Gasteiger partial charge in [-0.1, -0.05) is 13.0 Å². The molecule has 0 radical (unpaired) electrons. The molecule has 1 N–H and O–H groups in total. The van der Waals surface area contributed by atoms with Gasteiger partial charge in [0.2, 0.25) is 5.91 Å². The van der Waals surface area contributed by atoms with Gasteiger partial charge in [-0.2, -0.15) is 0 Å². The van der Waals surface area contributed by atoms with Crippen LogP contribution >= 0.6 is 0 Å². The summed E-state index contributed by atoms with van der Waals surface area (Å²) in [5, 5.41) is 2.80. The third kappa shape index (κ3) is 4.44. The van der Waals surface area contributed by atoms with Gasteiger partial charge in [-0.15, -0.1) is 0 Å². The predicted molar refractivity (Wildman–Crippen MR) is 85.4 cm³/mol. The molecular weight excluding hydrogens is 283 g/mol. The Morgan fingerprint density at radius 2 is 2.05 bits per heavy atom. The summed E-state index contributed by atoms with van der Waals surface area (Å²) in [5.41, 5.74) is 1.38. The third-order valence-corrected chi connectivity index (χ3v) is 3.74. The SMILES string of the molecule is CCCC(=O)NCc1ccc(N2C[C@@H](C)O[C@H](C)C2)c(F)c1. The second kappa shape index (κ2) is 7.58. The van der Waals surface area contributed by atoms with E-state index in [0.717, 1.165) is 12.0 Å². The van der Waals surface area contributed by atoms with E-state index in [0.29, 0.717) is 31.7 Å². The topological polar surface area (TPSA) is 41.6 Å². The molecule has 1 fully saturated rings. The van der Waals surface area contributed by atoms with Gasteiger partial charge in [0.05, 0.1) is 17.9 Å². The Bertz CT molecular complexity index is 511. The maximum absolute atomic E-state index is 14.4. The second-order valence-corrected chi connectivity index (χ2v) is 5.97. The lowest BCUT2D eigenvalue weighted by atomic mass is 10.1. The van der Waals surface area contributed by atoms with E-state index < -0.39 is 0 Å². The van der Waals surface area contributed by atoms with Crippen molar-refractivity contribution in [2.24, 2.45) is 0 Å². The van der Waals surface area contributed by atoms with E-state index in [1.807, 2.05) is 31.7 Å². The highest BCUT2D eigenvalue weighted by Gasteiger charge is 2.24. The number of benzene rings is 1. The van der Waals surface area contributed by atoms with Crippen LogP contribution in [-0.2, 0) is 16.1 Å². The molecule has 122 valence electrons. The fourth-order valence-electron chi connectivity index (χ4n) is 2.81. The summed E-state index contributed by atoms with van der Waals surface area (Å²) in [6.45, 7) is 7.70. The molecule has 1 aromatic rings. The molecule has 5 heteroatoms. The Kier molecular flexibility index (Phi) is 5.77. The van der Waals surface area contributed by atoms with Crippen molar-refractivity contribution in [3.8, 4) is 0 Å². The van der Waals surface area contributed by atoms with Crippen LogP contribution in [0.3, 0.4) is 0 Å². The highest BCUT2D eigenvalue weighted by molar-refractivity contribution is 5.75. The molecule has 1 heterocycles. The normalized spacial score (nSPS) is 21.7. The van der Waals surface area contributed by atoms with Gasteiger partial charge in [-0.25, -0.2) is 4.39 Å². The van der Waals surface area contributed by atoms with Crippen LogP contribution in [-0.4, -0.2) is 31.2 Å². The van der Waals surface area contributed by atoms with Crippen LogP contribution in [0.2, 0.25) is 0 Å². The zero-order valence-corrected chi connectivity index (χ0v) is 13.6. The van der Waals surface area contributed by atoms with Crippen LogP contribution in [0.15, 0.2) is 18.2 Å². The number of hydrogen-bond acceptors (Lipinski definition) is 3. The average molecular weight is 308 g/mol. The number of rotatable bonds is 5. The zero-order valence-electron chi connectivity index (χ0n) is 13.6. The van der Waals surface area contributed by atoms with Gasteiger partial charge >= 0.3 is 0 Å². The van der Waals surface area contributed by atoms with Crippen molar-refractivity contribution in [2.75, 3.05) is 18.0 Å². The monoisotopic (exact) mass is 308 g/mol. The molecule has 2 rings (SSSR count). The van der Waals surface area contributed by atoms with Crippen LogP contribution in [0.25, 0.3) is 0 Å². The highest BCUT2D eigenvalue weighted by atomic mass is 19.1. The second-order valence-electron chi connectivity index (χ2n) is 5.97. The molecule has 0 bridgehead atoms. The smallest absolute Gasteiger partial charge is 0.220 e. The van der Waals surface area contributed by atoms with E-state index in [-0.39, 0.29) is 23.9 Å². The average Bonchev–Trinajstić information content (AvgIpc) is 2.44. The standard InChI is InChI=1S/C17H25FN2O2/c1-4-5-17(21)19-9-14-6-7-16(15(18)8-14)20-10-12(2)22-13(3)11-20/h6-8,12-13H,4-5,9-11H2,1-3H3,(H,19,21)/t12-,13-/m1/s1. The van der Waals surface area contributed by atoms with E-state index in [1.165, 1.54) is 6.07 Å². The Hall–Kier alpha value is -1.62. The fourth-order valence-corrected chi connectivity index (χ4v) is 2.81. The van der Waals surface area contributed by atoms with Crippen molar-refractivity contribution in [2.45, 2.75) is 52.4 Å². The fraction of sp³-hybridized carbons (Fsp3) is 0.588. The number of carbonyl (C=O) groups excluding carboxylic acids is 1. The van der Waals surface area contributed by atoms with Crippen molar-refractivity contribution in [1.29, 1.82) is 0 Å². The summed E-state index contributed by atoms with van der Waals surface area (Å²) in [6.07, 6.45) is 1.50. The molecular formula is C17H25FN2O2. The van der Waals surface area contributed by atoms with Crippen molar-refractivity contribution < 1.29 is 13.9 Å². The van der Waals surface area contributed by atoms with Crippen LogP contribution in [0.5, 0.6) is 0 Å². The van der Waals surface area contributed by atoms with E-state index in [1.54, 1.807) is 6.07 Å². The Morgan fingerprint density at radius 1 is 1.36 bits per heavy atom. The van der Waals surface area contributed by atoms with E-state index in [2.05, 4.69) is 5.32 Å². The molecule has 1 aliphatic rings. The number of anilines is 1. The first kappa shape index (κ1) is 16.7. The molecule has 1 aliphatic heterocycles. The largest absolute Gasteiger partial charge is 0.372 e. The lowest BCUT2D eigenvalue weighted by molar-refractivity contribution is -0.121. The van der Waals surface area contributed by atoms with Crippen molar-refractivity contribution in [1.82, 2.24) is 5.32 Å². The summed E-state index contributed by atoms with van der Waals surface area (Å²) < 4.78 is 20.0. The lowest BCUT2D eigenvalue weighted by Gasteiger charge is -2.37.